The number of carbonyl (C=O) groups excluding carboxylic acids is 1. The standard InChI is InChI=1S/C20H17BrFN3O3/c1-2-17(20(27)23-15-7-3-13(21)4-8-15)28-18-11-12-19(26)25(24-18)16-9-5-14(22)6-10-16/h3-12,17H,2H2,1H3,(H,23,27)/t17-/m0/s1. The summed E-state index contributed by atoms with van der Waals surface area (Å²) in [5.74, 6) is -0.632. The first-order valence-corrected chi connectivity index (χ1v) is 9.35. The topological polar surface area (TPSA) is 73.2 Å². The molecule has 1 atom stereocenters. The Morgan fingerprint density at radius 3 is 2.46 bits per heavy atom. The van der Waals surface area contributed by atoms with Gasteiger partial charge in [-0.1, -0.05) is 22.9 Å². The van der Waals surface area contributed by atoms with Crippen LogP contribution in [-0.4, -0.2) is 21.8 Å². The Labute approximate surface area is 169 Å². The van der Waals surface area contributed by atoms with Crippen molar-refractivity contribution in [3.05, 3.63) is 81.3 Å². The molecule has 3 rings (SSSR count). The average Bonchev–Trinajstić information content (AvgIpc) is 2.69. The highest BCUT2D eigenvalue weighted by Gasteiger charge is 2.20. The first-order valence-electron chi connectivity index (χ1n) is 8.55. The van der Waals surface area contributed by atoms with Gasteiger partial charge in [0.1, 0.15) is 5.82 Å². The second-order valence-electron chi connectivity index (χ2n) is 5.91. The fourth-order valence-corrected chi connectivity index (χ4v) is 2.71. The zero-order valence-corrected chi connectivity index (χ0v) is 16.5. The molecule has 0 bridgehead atoms. The number of nitrogens with zero attached hydrogens (tertiary/aromatic N) is 2. The van der Waals surface area contributed by atoms with Crippen LogP contribution in [0.15, 0.2) is 69.9 Å². The smallest absolute Gasteiger partial charge is 0.271 e. The summed E-state index contributed by atoms with van der Waals surface area (Å²) >= 11 is 3.34. The lowest BCUT2D eigenvalue weighted by Gasteiger charge is -2.17. The van der Waals surface area contributed by atoms with E-state index < -0.39 is 17.5 Å². The maximum Gasteiger partial charge on any atom is 0.271 e. The lowest BCUT2D eigenvalue weighted by atomic mass is 10.2. The Morgan fingerprint density at radius 1 is 1.14 bits per heavy atom. The number of nitrogens with one attached hydrogen (secondary N) is 1. The van der Waals surface area contributed by atoms with Crippen LogP contribution < -0.4 is 15.6 Å². The number of halogens is 2. The van der Waals surface area contributed by atoms with Gasteiger partial charge in [-0.05, 0) is 55.0 Å². The van der Waals surface area contributed by atoms with Crippen molar-refractivity contribution in [1.82, 2.24) is 9.78 Å². The molecule has 1 aromatic heterocycles. The molecule has 2 aromatic carbocycles. The largest absolute Gasteiger partial charge is 0.463 e. The van der Waals surface area contributed by atoms with Crippen molar-refractivity contribution in [3.8, 4) is 11.6 Å². The third kappa shape index (κ3) is 4.83. The van der Waals surface area contributed by atoms with E-state index in [1.807, 2.05) is 19.1 Å². The number of anilines is 1. The summed E-state index contributed by atoms with van der Waals surface area (Å²) in [6.07, 6.45) is -0.394. The highest BCUT2D eigenvalue weighted by molar-refractivity contribution is 9.10. The van der Waals surface area contributed by atoms with Gasteiger partial charge in [0.25, 0.3) is 11.5 Å². The first-order chi connectivity index (χ1) is 13.5. The van der Waals surface area contributed by atoms with Crippen LogP contribution in [0.4, 0.5) is 10.1 Å². The van der Waals surface area contributed by atoms with Gasteiger partial charge in [-0.2, -0.15) is 4.68 Å². The van der Waals surface area contributed by atoms with E-state index in [0.29, 0.717) is 17.8 Å². The van der Waals surface area contributed by atoms with Crippen LogP contribution >= 0.6 is 15.9 Å². The molecule has 144 valence electrons. The minimum atomic E-state index is -0.796. The van der Waals surface area contributed by atoms with E-state index in [1.54, 1.807) is 12.1 Å². The van der Waals surface area contributed by atoms with Crippen molar-refractivity contribution in [3.63, 3.8) is 0 Å². The number of benzene rings is 2. The van der Waals surface area contributed by atoms with Gasteiger partial charge in [-0.3, -0.25) is 9.59 Å². The van der Waals surface area contributed by atoms with Crippen molar-refractivity contribution in [2.75, 3.05) is 5.32 Å². The van der Waals surface area contributed by atoms with Crippen LogP contribution in [0, 0.1) is 5.82 Å². The van der Waals surface area contributed by atoms with Crippen molar-refractivity contribution < 1.29 is 13.9 Å². The second-order valence-corrected chi connectivity index (χ2v) is 6.82. The molecule has 3 aromatic rings. The number of carbonyl (C=O) groups is 1. The quantitative estimate of drug-likeness (QED) is 0.623. The number of rotatable bonds is 6. The van der Waals surface area contributed by atoms with E-state index in [9.17, 15) is 14.0 Å². The third-order valence-corrected chi connectivity index (χ3v) is 4.41. The molecule has 0 fully saturated rings. The maximum atomic E-state index is 13.1. The van der Waals surface area contributed by atoms with Gasteiger partial charge in [0.2, 0.25) is 5.88 Å². The van der Waals surface area contributed by atoms with Gasteiger partial charge >= 0.3 is 0 Å². The summed E-state index contributed by atoms with van der Waals surface area (Å²) in [7, 11) is 0. The predicted octanol–water partition coefficient (Wildman–Crippen LogP) is 3.93. The van der Waals surface area contributed by atoms with Crippen LogP contribution in [0.2, 0.25) is 0 Å². The molecule has 0 radical (unpaired) electrons. The third-order valence-electron chi connectivity index (χ3n) is 3.88. The Bertz CT molecular complexity index is 1020. The molecule has 1 N–H and O–H groups in total. The molecule has 0 saturated heterocycles. The molecular weight excluding hydrogens is 429 g/mol. The molecule has 28 heavy (non-hydrogen) atoms. The lowest BCUT2D eigenvalue weighted by Crippen LogP contribution is -2.33. The molecule has 0 aliphatic heterocycles. The fraction of sp³-hybridized carbons (Fsp3) is 0.150. The van der Waals surface area contributed by atoms with Gasteiger partial charge in [0, 0.05) is 22.3 Å². The normalized spacial score (nSPS) is 11.7. The minimum absolute atomic E-state index is 0.113. The van der Waals surface area contributed by atoms with Gasteiger partial charge in [0.05, 0.1) is 5.69 Å². The molecular formula is C20H17BrFN3O3. The summed E-state index contributed by atoms with van der Waals surface area (Å²) in [6.45, 7) is 1.81. The van der Waals surface area contributed by atoms with E-state index in [4.69, 9.17) is 4.74 Å². The Balaban J connectivity index is 1.78. The molecule has 0 unspecified atom stereocenters. The van der Waals surface area contributed by atoms with Crippen LogP contribution in [-0.2, 0) is 4.79 Å². The number of hydrogen-bond acceptors (Lipinski definition) is 4. The molecule has 1 heterocycles. The van der Waals surface area contributed by atoms with Crippen LogP contribution in [0.5, 0.6) is 5.88 Å². The number of hydrogen-bond donors (Lipinski definition) is 1. The van der Waals surface area contributed by atoms with Crippen molar-refractivity contribution in [2.45, 2.75) is 19.4 Å². The highest BCUT2D eigenvalue weighted by atomic mass is 79.9. The van der Waals surface area contributed by atoms with E-state index in [-0.39, 0.29) is 11.8 Å². The fourth-order valence-electron chi connectivity index (χ4n) is 2.45. The van der Waals surface area contributed by atoms with Gasteiger partial charge in [-0.15, -0.1) is 5.10 Å². The summed E-state index contributed by atoms with van der Waals surface area (Å²) in [4.78, 5) is 24.6. The summed E-state index contributed by atoms with van der Waals surface area (Å²) < 4.78 is 20.8. The Kier molecular flexibility index (Phi) is 6.20. The predicted molar refractivity (Wildman–Crippen MR) is 107 cm³/mol. The number of amides is 1. The monoisotopic (exact) mass is 445 g/mol. The van der Waals surface area contributed by atoms with Gasteiger partial charge in [0.15, 0.2) is 6.10 Å². The maximum absolute atomic E-state index is 13.1. The number of ether oxygens (including phenoxy) is 1. The molecule has 0 spiro atoms. The SMILES string of the molecule is CC[C@H](Oc1ccc(=O)n(-c2ccc(F)cc2)n1)C(=O)Nc1ccc(Br)cc1. The summed E-state index contributed by atoms with van der Waals surface area (Å²) in [6, 6.07) is 15.2. The van der Waals surface area contributed by atoms with Crippen molar-refractivity contribution in [2.24, 2.45) is 0 Å². The molecule has 1 amide bonds. The van der Waals surface area contributed by atoms with E-state index in [2.05, 4.69) is 26.3 Å². The zero-order chi connectivity index (χ0) is 20.1. The zero-order valence-electron chi connectivity index (χ0n) is 14.9. The van der Waals surface area contributed by atoms with Crippen LogP contribution in [0.1, 0.15) is 13.3 Å². The highest BCUT2D eigenvalue weighted by Crippen LogP contribution is 2.16. The summed E-state index contributed by atoms with van der Waals surface area (Å²) in [5.41, 5.74) is 0.634. The van der Waals surface area contributed by atoms with Gasteiger partial charge < -0.3 is 10.1 Å². The van der Waals surface area contributed by atoms with E-state index >= 15 is 0 Å². The lowest BCUT2D eigenvalue weighted by molar-refractivity contribution is -0.123. The van der Waals surface area contributed by atoms with E-state index in [0.717, 1.165) is 9.15 Å². The van der Waals surface area contributed by atoms with E-state index in [1.165, 1.54) is 36.4 Å². The first kappa shape index (κ1) is 19.8. The molecule has 0 aliphatic carbocycles. The number of aromatic nitrogens is 2. The molecule has 8 heteroatoms. The van der Waals surface area contributed by atoms with Crippen molar-refractivity contribution >= 4 is 27.5 Å². The molecule has 0 aliphatic rings. The summed E-state index contributed by atoms with van der Waals surface area (Å²) in [5, 5.41) is 6.92. The molecule has 6 nitrogen and oxygen atoms in total. The minimum Gasteiger partial charge on any atom is -0.463 e. The average molecular weight is 446 g/mol. The van der Waals surface area contributed by atoms with Crippen molar-refractivity contribution in [1.29, 1.82) is 0 Å². The Hall–Kier alpha value is -3.00. The van der Waals surface area contributed by atoms with Gasteiger partial charge in [-0.25, -0.2) is 4.39 Å². The van der Waals surface area contributed by atoms with Crippen LogP contribution in [0.25, 0.3) is 5.69 Å². The Morgan fingerprint density at radius 2 is 1.82 bits per heavy atom. The molecule has 0 saturated carbocycles. The second kappa shape index (κ2) is 8.79. The van der Waals surface area contributed by atoms with Crippen LogP contribution in [0.3, 0.4) is 0 Å².